The van der Waals surface area contributed by atoms with Gasteiger partial charge in [0.05, 0.1) is 18.8 Å². The van der Waals surface area contributed by atoms with E-state index in [-0.39, 0.29) is 11.4 Å². The Morgan fingerprint density at radius 2 is 2.05 bits per heavy atom. The molecule has 0 radical (unpaired) electrons. The number of nitrogens with one attached hydrogen (secondary N) is 1. The van der Waals surface area contributed by atoms with E-state index in [0.29, 0.717) is 5.76 Å². The average molecular weight is 281 g/mol. The standard InChI is InChI=1S/C14H13F2NO3/c1-8(11-6-7-12(20-11)14(18)19-2)17-10-5-3-4-9(15)13(10)16/h3-8,17H,1-2H3. The van der Waals surface area contributed by atoms with Gasteiger partial charge in [0.1, 0.15) is 5.76 Å². The monoisotopic (exact) mass is 281 g/mol. The summed E-state index contributed by atoms with van der Waals surface area (Å²) in [7, 11) is 1.24. The van der Waals surface area contributed by atoms with E-state index >= 15 is 0 Å². The van der Waals surface area contributed by atoms with Crippen molar-refractivity contribution in [2.75, 3.05) is 12.4 Å². The lowest BCUT2D eigenvalue weighted by atomic mass is 10.2. The van der Waals surface area contributed by atoms with Gasteiger partial charge in [-0.25, -0.2) is 13.6 Å². The summed E-state index contributed by atoms with van der Waals surface area (Å²) < 4.78 is 36.4. The maximum Gasteiger partial charge on any atom is 0.373 e. The molecule has 1 aromatic heterocycles. The van der Waals surface area contributed by atoms with Crippen LogP contribution in [-0.2, 0) is 4.74 Å². The topological polar surface area (TPSA) is 51.5 Å². The van der Waals surface area contributed by atoms with Gasteiger partial charge in [-0.3, -0.25) is 0 Å². The molecular formula is C14H13F2NO3. The Hall–Kier alpha value is -2.37. The zero-order valence-electron chi connectivity index (χ0n) is 10.9. The Morgan fingerprint density at radius 1 is 1.30 bits per heavy atom. The summed E-state index contributed by atoms with van der Waals surface area (Å²) in [5.41, 5.74) is 0.0218. The Bertz CT molecular complexity index is 625. The molecule has 1 aromatic carbocycles. The van der Waals surface area contributed by atoms with Crippen LogP contribution in [0.25, 0.3) is 0 Å². The van der Waals surface area contributed by atoms with Crippen LogP contribution in [0.5, 0.6) is 0 Å². The number of benzene rings is 1. The van der Waals surface area contributed by atoms with E-state index in [1.807, 2.05) is 0 Å². The third kappa shape index (κ3) is 2.79. The predicted molar refractivity (Wildman–Crippen MR) is 68.4 cm³/mol. The molecule has 6 heteroatoms. The number of hydrogen-bond acceptors (Lipinski definition) is 4. The van der Waals surface area contributed by atoms with Crippen LogP contribution in [0.1, 0.15) is 29.3 Å². The number of halogens is 2. The largest absolute Gasteiger partial charge is 0.463 e. The molecule has 1 unspecified atom stereocenters. The zero-order valence-corrected chi connectivity index (χ0v) is 10.9. The SMILES string of the molecule is COC(=O)c1ccc(C(C)Nc2cccc(F)c2F)o1. The van der Waals surface area contributed by atoms with Gasteiger partial charge in [-0.1, -0.05) is 6.07 Å². The molecule has 0 aliphatic rings. The van der Waals surface area contributed by atoms with Crippen molar-refractivity contribution >= 4 is 11.7 Å². The van der Waals surface area contributed by atoms with Crippen molar-refractivity contribution in [3.8, 4) is 0 Å². The minimum Gasteiger partial charge on any atom is -0.463 e. The third-order valence-corrected chi connectivity index (χ3v) is 2.76. The number of anilines is 1. The van der Waals surface area contributed by atoms with E-state index in [1.165, 1.54) is 25.3 Å². The fourth-order valence-electron chi connectivity index (χ4n) is 1.72. The quantitative estimate of drug-likeness (QED) is 0.871. The van der Waals surface area contributed by atoms with E-state index in [4.69, 9.17) is 4.42 Å². The van der Waals surface area contributed by atoms with E-state index < -0.39 is 23.6 Å². The molecule has 0 bridgehead atoms. The Kier molecular flexibility index (Phi) is 4.02. The first kappa shape index (κ1) is 14.0. The summed E-state index contributed by atoms with van der Waals surface area (Å²) >= 11 is 0. The van der Waals surface area contributed by atoms with E-state index in [1.54, 1.807) is 13.0 Å². The Morgan fingerprint density at radius 3 is 2.75 bits per heavy atom. The second-order valence-electron chi connectivity index (χ2n) is 4.16. The Balaban J connectivity index is 2.16. The molecule has 1 heterocycles. The lowest BCUT2D eigenvalue weighted by Crippen LogP contribution is -2.08. The highest BCUT2D eigenvalue weighted by Crippen LogP contribution is 2.24. The van der Waals surface area contributed by atoms with Crippen LogP contribution in [0.3, 0.4) is 0 Å². The molecule has 1 N–H and O–H groups in total. The number of rotatable bonds is 4. The molecule has 0 aliphatic carbocycles. The van der Waals surface area contributed by atoms with Crippen LogP contribution in [0, 0.1) is 11.6 Å². The summed E-state index contributed by atoms with van der Waals surface area (Å²) in [5, 5.41) is 2.78. The van der Waals surface area contributed by atoms with Crippen LogP contribution in [0.2, 0.25) is 0 Å². The van der Waals surface area contributed by atoms with Crippen molar-refractivity contribution in [3.63, 3.8) is 0 Å². The van der Waals surface area contributed by atoms with Crippen LogP contribution in [0.15, 0.2) is 34.7 Å². The third-order valence-electron chi connectivity index (χ3n) is 2.76. The maximum absolute atomic E-state index is 13.5. The highest BCUT2D eigenvalue weighted by atomic mass is 19.2. The maximum atomic E-state index is 13.5. The van der Waals surface area contributed by atoms with Crippen LogP contribution in [-0.4, -0.2) is 13.1 Å². The molecule has 2 rings (SSSR count). The minimum atomic E-state index is -0.959. The van der Waals surface area contributed by atoms with E-state index in [9.17, 15) is 13.6 Å². The first-order chi connectivity index (χ1) is 9.52. The number of carbonyl (C=O) groups excluding carboxylic acids is 1. The van der Waals surface area contributed by atoms with E-state index in [0.717, 1.165) is 6.07 Å². The van der Waals surface area contributed by atoms with Gasteiger partial charge in [-0.2, -0.15) is 0 Å². The zero-order chi connectivity index (χ0) is 14.7. The van der Waals surface area contributed by atoms with Crippen molar-refractivity contribution in [2.24, 2.45) is 0 Å². The lowest BCUT2D eigenvalue weighted by molar-refractivity contribution is 0.0562. The number of ether oxygens (including phenoxy) is 1. The molecule has 0 amide bonds. The van der Waals surface area contributed by atoms with Crippen molar-refractivity contribution < 1.29 is 22.7 Å². The normalized spacial score (nSPS) is 12.0. The summed E-state index contributed by atoms with van der Waals surface area (Å²) in [6.07, 6.45) is 0. The first-order valence-electron chi connectivity index (χ1n) is 5.91. The number of hydrogen-bond donors (Lipinski definition) is 1. The molecule has 4 nitrogen and oxygen atoms in total. The van der Waals surface area contributed by atoms with Crippen molar-refractivity contribution in [2.45, 2.75) is 13.0 Å². The van der Waals surface area contributed by atoms with Crippen LogP contribution < -0.4 is 5.32 Å². The number of carbonyl (C=O) groups is 1. The van der Waals surface area contributed by atoms with Crippen LogP contribution >= 0.6 is 0 Å². The van der Waals surface area contributed by atoms with Gasteiger partial charge < -0.3 is 14.5 Å². The molecule has 0 aliphatic heterocycles. The fourth-order valence-corrected chi connectivity index (χ4v) is 1.72. The fraction of sp³-hybridized carbons (Fsp3) is 0.214. The molecule has 106 valence electrons. The van der Waals surface area contributed by atoms with Crippen molar-refractivity contribution in [3.05, 3.63) is 53.5 Å². The second kappa shape index (κ2) is 5.73. The van der Waals surface area contributed by atoms with Gasteiger partial charge in [0.2, 0.25) is 5.76 Å². The highest BCUT2D eigenvalue weighted by molar-refractivity contribution is 5.86. The molecule has 0 saturated heterocycles. The van der Waals surface area contributed by atoms with E-state index in [2.05, 4.69) is 10.1 Å². The summed E-state index contributed by atoms with van der Waals surface area (Å²) in [6, 6.07) is 6.44. The van der Waals surface area contributed by atoms with Crippen molar-refractivity contribution in [1.82, 2.24) is 0 Å². The van der Waals surface area contributed by atoms with Crippen molar-refractivity contribution in [1.29, 1.82) is 0 Å². The van der Waals surface area contributed by atoms with Crippen LogP contribution in [0.4, 0.5) is 14.5 Å². The van der Waals surface area contributed by atoms with Gasteiger partial charge >= 0.3 is 5.97 Å². The summed E-state index contributed by atoms with van der Waals surface area (Å²) in [5.74, 6) is -2.03. The number of methoxy groups -OCH3 is 1. The predicted octanol–water partition coefficient (Wildman–Crippen LogP) is 3.52. The molecule has 0 saturated carbocycles. The van der Waals surface area contributed by atoms with Gasteiger partial charge in [-0.05, 0) is 31.2 Å². The molecule has 0 spiro atoms. The van der Waals surface area contributed by atoms with Gasteiger partial charge in [0.25, 0.3) is 0 Å². The molecule has 1 atom stereocenters. The number of esters is 1. The second-order valence-corrected chi connectivity index (χ2v) is 4.16. The Labute approximate surface area is 114 Å². The molecule has 2 aromatic rings. The first-order valence-corrected chi connectivity index (χ1v) is 5.91. The molecular weight excluding hydrogens is 268 g/mol. The summed E-state index contributed by atoms with van der Waals surface area (Å²) in [6.45, 7) is 1.70. The highest BCUT2D eigenvalue weighted by Gasteiger charge is 2.17. The lowest BCUT2D eigenvalue weighted by Gasteiger charge is -2.13. The average Bonchev–Trinajstić information content (AvgIpc) is 2.93. The van der Waals surface area contributed by atoms with Gasteiger partial charge in [0.15, 0.2) is 11.6 Å². The minimum absolute atomic E-state index is 0.0218. The number of furan rings is 1. The molecule has 0 fully saturated rings. The van der Waals surface area contributed by atoms with Gasteiger partial charge in [-0.15, -0.1) is 0 Å². The van der Waals surface area contributed by atoms with Gasteiger partial charge in [0, 0.05) is 0 Å². The summed E-state index contributed by atoms with van der Waals surface area (Å²) in [4.78, 5) is 11.3. The smallest absolute Gasteiger partial charge is 0.373 e. The molecule has 20 heavy (non-hydrogen) atoms.